The lowest BCUT2D eigenvalue weighted by Crippen LogP contribution is -2.12. The molecule has 7 rings (SSSR count). The Morgan fingerprint density at radius 1 is 1.02 bits per heavy atom. The first kappa shape index (κ1) is 24.5. The minimum atomic E-state index is -1.42. The van der Waals surface area contributed by atoms with Crippen LogP contribution in [0, 0.1) is 0 Å². The molecule has 3 heterocycles. The Labute approximate surface area is 232 Å². The van der Waals surface area contributed by atoms with Crippen LogP contribution < -0.4 is 23.7 Å². The number of carbonyl (C=O) groups is 1. The zero-order chi connectivity index (χ0) is 27.2. The van der Waals surface area contributed by atoms with Crippen LogP contribution in [-0.2, 0) is 6.54 Å². The molecule has 2 aliphatic rings. The van der Waals surface area contributed by atoms with E-state index in [0.717, 1.165) is 65.0 Å². The quantitative estimate of drug-likeness (QED) is 0.224. The summed E-state index contributed by atoms with van der Waals surface area (Å²) >= 11 is 1.13. The maximum absolute atomic E-state index is 12.0. The SMILES string of the molecule is COc1cc2c(-c3ccc4nsnc4c3)c(OC(=O)O)n(Cc3ccc4c(c3)OCO4)c2cc1OC1CCCC1. The van der Waals surface area contributed by atoms with Crippen molar-refractivity contribution < 1.29 is 33.6 Å². The van der Waals surface area contributed by atoms with Gasteiger partial charge in [0, 0.05) is 11.5 Å². The van der Waals surface area contributed by atoms with Crippen LogP contribution in [-0.4, -0.2) is 44.6 Å². The van der Waals surface area contributed by atoms with Crippen molar-refractivity contribution in [3.63, 3.8) is 0 Å². The van der Waals surface area contributed by atoms with E-state index in [1.54, 1.807) is 7.11 Å². The van der Waals surface area contributed by atoms with Gasteiger partial charge < -0.3 is 33.4 Å². The van der Waals surface area contributed by atoms with E-state index < -0.39 is 6.16 Å². The van der Waals surface area contributed by atoms with Crippen LogP contribution in [0.3, 0.4) is 0 Å². The molecule has 0 bridgehead atoms. The zero-order valence-corrected chi connectivity index (χ0v) is 22.4. The van der Waals surface area contributed by atoms with E-state index in [2.05, 4.69) is 8.75 Å². The van der Waals surface area contributed by atoms with E-state index in [-0.39, 0.29) is 18.8 Å². The molecule has 0 atom stereocenters. The molecule has 40 heavy (non-hydrogen) atoms. The largest absolute Gasteiger partial charge is 0.512 e. The highest BCUT2D eigenvalue weighted by molar-refractivity contribution is 7.00. The third kappa shape index (κ3) is 4.32. The Morgan fingerprint density at radius 3 is 2.67 bits per heavy atom. The van der Waals surface area contributed by atoms with Gasteiger partial charge in [-0.1, -0.05) is 12.1 Å². The highest BCUT2D eigenvalue weighted by Crippen LogP contribution is 2.46. The monoisotopic (exact) mass is 559 g/mol. The fourth-order valence-electron chi connectivity index (χ4n) is 5.55. The summed E-state index contributed by atoms with van der Waals surface area (Å²) in [7, 11) is 1.60. The summed E-state index contributed by atoms with van der Waals surface area (Å²) in [5.41, 5.74) is 4.47. The van der Waals surface area contributed by atoms with E-state index in [1.807, 2.05) is 53.1 Å². The molecule has 5 aromatic rings. The summed E-state index contributed by atoms with van der Waals surface area (Å²) in [6.45, 7) is 0.476. The smallest absolute Gasteiger partial charge is 0.493 e. The van der Waals surface area contributed by atoms with Crippen LogP contribution in [0.5, 0.6) is 28.9 Å². The molecule has 0 amide bonds. The van der Waals surface area contributed by atoms with E-state index >= 15 is 0 Å². The molecule has 0 saturated heterocycles. The Kier molecular flexibility index (Phi) is 6.07. The molecule has 1 fully saturated rings. The maximum Gasteiger partial charge on any atom is 0.512 e. The zero-order valence-electron chi connectivity index (χ0n) is 21.6. The van der Waals surface area contributed by atoms with Gasteiger partial charge in [-0.25, -0.2) is 4.79 Å². The molecule has 11 heteroatoms. The van der Waals surface area contributed by atoms with Crippen molar-refractivity contribution in [3.8, 4) is 40.0 Å². The highest BCUT2D eigenvalue weighted by Gasteiger charge is 2.27. The fraction of sp³-hybridized carbons (Fsp3) is 0.276. The van der Waals surface area contributed by atoms with Crippen molar-refractivity contribution in [2.75, 3.05) is 13.9 Å². The summed E-state index contributed by atoms with van der Waals surface area (Å²) in [6, 6.07) is 15.1. The molecular weight excluding hydrogens is 534 g/mol. The van der Waals surface area contributed by atoms with Gasteiger partial charge in [0.05, 0.1) is 42.6 Å². The summed E-state index contributed by atoms with van der Waals surface area (Å²) in [4.78, 5) is 12.0. The number of hydrogen-bond donors (Lipinski definition) is 1. The molecule has 1 saturated carbocycles. The average molecular weight is 560 g/mol. The van der Waals surface area contributed by atoms with Crippen LogP contribution in [0.4, 0.5) is 4.79 Å². The van der Waals surface area contributed by atoms with Crippen LogP contribution in [0.25, 0.3) is 33.1 Å². The Hall–Kier alpha value is -4.51. The second-order valence-electron chi connectivity index (χ2n) is 9.83. The van der Waals surface area contributed by atoms with E-state index in [9.17, 15) is 9.90 Å². The molecule has 204 valence electrons. The fourth-order valence-corrected chi connectivity index (χ4v) is 6.07. The molecule has 0 radical (unpaired) electrons. The van der Waals surface area contributed by atoms with Gasteiger partial charge in [-0.2, -0.15) is 8.75 Å². The van der Waals surface area contributed by atoms with Crippen LogP contribution in [0.15, 0.2) is 48.5 Å². The summed E-state index contributed by atoms with van der Waals surface area (Å²) in [5.74, 6) is 2.68. The second kappa shape index (κ2) is 9.91. The molecule has 3 aromatic carbocycles. The van der Waals surface area contributed by atoms with Crippen LogP contribution in [0.1, 0.15) is 31.2 Å². The van der Waals surface area contributed by atoms with E-state index in [4.69, 9.17) is 23.7 Å². The first-order valence-corrected chi connectivity index (χ1v) is 13.7. The molecule has 0 unspecified atom stereocenters. The number of ether oxygens (including phenoxy) is 5. The number of aromatic nitrogens is 3. The number of rotatable bonds is 7. The predicted molar refractivity (Wildman–Crippen MR) is 148 cm³/mol. The Balaban J connectivity index is 1.46. The van der Waals surface area contributed by atoms with Crippen molar-refractivity contribution in [2.24, 2.45) is 0 Å². The maximum atomic E-state index is 12.0. The van der Waals surface area contributed by atoms with Gasteiger partial charge in [0.2, 0.25) is 12.7 Å². The predicted octanol–water partition coefficient (Wildman–Crippen LogP) is 6.48. The van der Waals surface area contributed by atoms with Crippen LogP contribution >= 0.6 is 11.7 Å². The molecule has 2 aromatic heterocycles. The lowest BCUT2D eigenvalue weighted by atomic mass is 10.0. The highest BCUT2D eigenvalue weighted by atomic mass is 32.1. The number of hydrogen-bond acceptors (Lipinski definition) is 9. The van der Waals surface area contributed by atoms with Crippen molar-refractivity contribution in [3.05, 3.63) is 54.1 Å². The Bertz CT molecular complexity index is 1760. The van der Waals surface area contributed by atoms with E-state index in [0.29, 0.717) is 40.6 Å². The summed E-state index contributed by atoms with van der Waals surface area (Å²) in [6.07, 6.45) is 2.92. The number of benzene rings is 3. The van der Waals surface area contributed by atoms with Gasteiger partial charge in [-0.15, -0.1) is 0 Å². The minimum absolute atomic E-state index is 0.109. The molecule has 10 nitrogen and oxygen atoms in total. The molecule has 1 aliphatic carbocycles. The lowest BCUT2D eigenvalue weighted by molar-refractivity contribution is 0.141. The number of carboxylic acid groups (broad SMARTS) is 1. The molecule has 1 aliphatic heterocycles. The van der Waals surface area contributed by atoms with Crippen molar-refractivity contribution in [1.82, 2.24) is 13.3 Å². The van der Waals surface area contributed by atoms with Gasteiger partial charge in [-0.05, 0) is 67.1 Å². The summed E-state index contributed by atoms with van der Waals surface area (Å²) < 4.78 is 39.3. The Morgan fingerprint density at radius 2 is 1.85 bits per heavy atom. The molecule has 0 spiro atoms. The van der Waals surface area contributed by atoms with Crippen molar-refractivity contribution in [1.29, 1.82) is 0 Å². The van der Waals surface area contributed by atoms with Gasteiger partial charge >= 0.3 is 6.16 Å². The lowest BCUT2D eigenvalue weighted by Gasteiger charge is -2.17. The van der Waals surface area contributed by atoms with Gasteiger partial charge in [0.1, 0.15) is 11.0 Å². The number of fused-ring (bicyclic) bond motifs is 3. The van der Waals surface area contributed by atoms with Crippen LogP contribution in [0.2, 0.25) is 0 Å². The number of methoxy groups -OCH3 is 1. The van der Waals surface area contributed by atoms with Gasteiger partial charge in [-0.3, -0.25) is 0 Å². The third-order valence-electron chi connectivity index (χ3n) is 7.40. The van der Waals surface area contributed by atoms with Gasteiger partial charge in [0.15, 0.2) is 23.0 Å². The first-order chi connectivity index (χ1) is 19.6. The molecular formula is C29H25N3O7S. The molecule has 1 N–H and O–H groups in total. The average Bonchev–Trinajstić information content (AvgIpc) is 3.76. The first-order valence-electron chi connectivity index (χ1n) is 13.0. The minimum Gasteiger partial charge on any atom is -0.493 e. The van der Waals surface area contributed by atoms with Crippen molar-refractivity contribution in [2.45, 2.75) is 38.3 Å². The van der Waals surface area contributed by atoms with Crippen molar-refractivity contribution >= 4 is 39.8 Å². The standard InChI is InChI=1S/C29H25N3O7S/c1-35-24-12-19-22(13-26(24)38-18-4-2-3-5-18)32(14-16-6-9-23-25(10-16)37-15-36-23)28(39-29(33)34)27(19)17-7-8-20-21(11-17)31-40-30-20/h6-13,18H,2-5,14-15H2,1H3,(H,33,34). The van der Waals surface area contributed by atoms with Gasteiger partial charge in [0.25, 0.3) is 0 Å². The number of nitrogens with zero attached hydrogens (tertiary/aromatic N) is 3. The normalized spacial score (nSPS) is 14.7. The summed E-state index contributed by atoms with van der Waals surface area (Å²) in [5, 5.41) is 10.6. The second-order valence-corrected chi connectivity index (χ2v) is 10.4. The third-order valence-corrected chi connectivity index (χ3v) is 7.96. The topological polar surface area (TPSA) is 114 Å². The van der Waals surface area contributed by atoms with E-state index in [1.165, 1.54) is 0 Å².